The average Bonchev–Trinajstić information content (AvgIpc) is 3.03. The minimum Gasteiger partial charge on any atom is -0.481 e. The summed E-state index contributed by atoms with van der Waals surface area (Å²) in [7, 11) is 1.56. The van der Waals surface area contributed by atoms with Crippen LogP contribution in [0.25, 0.3) is 0 Å². The molecule has 23 heavy (non-hydrogen) atoms. The summed E-state index contributed by atoms with van der Waals surface area (Å²) in [5, 5.41) is 12.3. The van der Waals surface area contributed by atoms with Crippen LogP contribution in [0.4, 0.5) is 15.9 Å². The van der Waals surface area contributed by atoms with Gasteiger partial charge in [-0.05, 0) is 24.6 Å². The van der Waals surface area contributed by atoms with Crippen LogP contribution in [0.3, 0.4) is 0 Å². The van der Waals surface area contributed by atoms with Crippen molar-refractivity contribution in [3.63, 3.8) is 0 Å². The number of nitrogens with zero attached hydrogens (tertiary/aromatic N) is 4. The number of nitriles is 1. The Labute approximate surface area is 133 Å². The number of rotatable bonds is 4. The first-order valence-corrected chi connectivity index (χ1v) is 7.26. The van der Waals surface area contributed by atoms with Crippen LogP contribution in [0.5, 0.6) is 5.88 Å². The number of hydrogen-bond donors (Lipinski definition) is 1. The SMILES string of the molecule is COc1cc(NC2CCN(c3cc(F)cc(C#N)c3)C2)ncn1. The van der Waals surface area contributed by atoms with Crippen LogP contribution in [0.2, 0.25) is 0 Å². The highest BCUT2D eigenvalue weighted by Gasteiger charge is 2.23. The Morgan fingerprint density at radius 1 is 1.35 bits per heavy atom. The second-order valence-corrected chi connectivity index (χ2v) is 5.33. The molecule has 2 heterocycles. The van der Waals surface area contributed by atoms with Crippen molar-refractivity contribution in [2.24, 2.45) is 0 Å². The van der Waals surface area contributed by atoms with E-state index in [1.807, 2.05) is 6.07 Å². The summed E-state index contributed by atoms with van der Waals surface area (Å²) in [6, 6.07) is 8.30. The van der Waals surface area contributed by atoms with E-state index >= 15 is 0 Å². The summed E-state index contributed by atoms with van der Waals surface area (Å²) in [6.07, 6.45) is 2.34. The van der Waals surface area contributed by atoms with E-state index in [-0.39, 0.29) is 6.04 Å². The molecule has 1 aromatic heterocycles. The molecule has 7 heteroatoms. The van der Waals surface area contributed by atoms with Gasteiger partial charge in [0.2, 0.25) is 5.88 Å². The van der Waals surface area contributed by atoms with Gasteiger partial charge in [0.05, 0.1) is 18.7 Å². The summed E-state index contributed by atoms with van der Waals surface area (Å²) in [6.45, 7) is 1.49. The molecule has 1 aliphatic heterocycles. The third kappa shape index (κ3) is 3.48. The Bertz CT molecular complexity index is 745. The maximum absolute atomic E-state index is 13.6. The molecule has 118 valence electrons. The van der Waals surface area contributed by atoms with E-state index in [0.29, 0.717) is 23.8 Å². The van der Waals surface area contributed by atoms with Gasteiger partial charge < -0.3 is 15.0 Å². The van der Waals surface area contributed by atoms with Crippen LogP contribution in [0.1, 0.15) is 12.0 Å². The molecule has 3 rings (SSSR count). The molecule has 0 saturated carbocycles. The van der Waals surface area contributed by atoms with Gasteiger partial charge in [-0.25, -0.2) is 14.4 Å². The maximum atomic E-state index is 13.6. The van der Waals surface area contributed by atoms with Crippen molar-refractivity contribution >= 4 is 11.5 Å². The molecule has 0 radical (unpaired) electrons. The topological polar surface area (TPSA) is 74.1 Å². The molecule has 0 spiro atoms. The Hall–Kier alpha value is -2.88. The molecule has 1 aliphatic rings. The standard InChI is InChI=1S/C16H16FN5O/c1-23-16-7-15(19-10-20-16)21-13-2-3-22(9-13)14-5-11(8-18)4-12(17)6-14/h4-7,10,13H,2-3,9H2,1H3,(H,19,20,21). The summed E-state index contributed by atoms with van der Waals surface area (Å²) < 4.78 is 18.6. The number of methoxy groups -OCH3 is 1. The van der Waals surface area contributed by atoms with E-state index < -0.39 is 5.82 Å². The van der Waals surface area contributed by atoms with Crippen LogP contribution in [0.15, 0.2) is 30.6 Å². The molecule has 1 saturated heterocycles. The van der Waals surface area contributed by atoms with Gasteiger partial charge in [-0.1, -0.05) is 0 Å². The van der Waals surface area contributed by atoms with Gasteiger partial charge in [-0.15, -0.1) is 0 Å². The number of nitrogens with one attached hydrogen (secondary N) is 1. The average molecular weight is 313 g/mol. The van der Waals surface area contributed by atoms with Gasteiger partial charge in [0.1, 0.15) is 18.0 Å². The smallest absolute Gasteiger partial charge is 0.218 e. The minimum atomic E-state index is -0.393. The Balaban J connectivity index is 1.69. The molecule has 0 amide bonds. The van der Waals surface area contributed by atoms with Gasteiger partial charge in [0.25, 0.3) is 0 Å². The Morgan fingerprint density at radius 2 is 2.22 bits per heavy atom. The molecule has 1 fully saturated rings. The highest BCUT2D eigenvalue weighted by molar-refractivity contribution is 5.53. The molecule has 1 N–H and O–H groups in total. The van der Waals surface area contributed by atoms with Crippen LogP contribution >= 0.6 is 0 Å². The van der Waals surface area contributed by atoms with Crippen molar-refractivity contribution in [1.29, 1.82) is 5.26 Å². The zero-order valence-electron chi connectivity index (χ0n) is 12.7. The zero-order chi connectivity index (χ0) is 16.2. The lowest BCUT2D eigenvalue weighted by Crippen LogP contribution is -2.26. The van der Waals surface area contributed by atoms with E-state index in [2.05, 4.69) is 20.2 Å². The number of aromatic nitrogens is 2. The van der Waals surface area contributed by atoms with Gasteiger partial charge in [0.15, 0.2) is 0 Å². The number of anilines is 2. The lowest BCUT2D eigenvalue weighted by molar-refractivity contribution is 0.397. The molecule has 0 aliphatic carbocycles. The van der Waals surface area contributed by atoms with E-state index in [1.165, 1.54) is 18.5 Å². The quantitative estimate of drug-likeness (QED) is 0.932. The largest absolute Gasteiger partial charge is 0.481 e. The van der Waals surface area contributed by atoms with Crippen molar-refractivity contribution < 1.29 is 9.13 Å². The second-order valence-electron chi connectivity index (χ2n) is 5.33. The summed E-state index contributed by atoms with van der Waals surface area (Å²) in [5.41, 5.74) is 1.06. The first-order chi connectivity index (χ1) is 11.2. The lowest BCUT2D eigenvalue weighted by Gasteiger charge is -2.19. The molecule has 1 unspecified atom stereocenters. The molecular weight excluding hydrogens is 297 g/mol. The predicted octanol–water partition coefficient (Wildman–Crippen LogP) is 2.19. The lowest BCUT2D eigenvalue weighted by atomic mass is 10.2. The van der Waals surface area contributed by atoms with E-state index in [1.54, 1.807) is 19.2 Å². The number of benzene rings is 1. The third-order valence-electron chi connectivity index (χ3n) is 3.77. The first-order valence-electron chi connectivity index (χ1n) is 7.26. The normalized spacial score (nSPS) is 16.9. The third-order valence-corrected chi connectivity index (χ3v) is 3.77. The minimum absolute atomic E-state index is 0.184. The highest BCUT2D eigenvalue weighted by Crippen LogP contribution is 2.24. The van der Waals surface area contributed by atoms with E-state index in [0.717, 1.165) is 18.7 Å². The van der Waals surface area contributed by atoms with Crippen molar-refractivity contribution in [1.82, 2.24) is 9.97 Å². The first kappa shape index (κ1) is 15.0. The van der Waals surface area contributed by atoms with Crippen molar-refractivity contribution in [2.75, 3.05) is 30.4 Å². The van der Waals surface area contributed by atoms with Crippen LogP contribution in [0, 0.1) is 17.1 Å². The summed E-state index contributed by atoms with van der Waals surface area (Å²) in [4.78, 5) is 10.2. The maximum Gasteiger partial charge on any atom is 0.218 e. The van der Waals surface area contributed by atoms with Gasteiger partial charge in [-0.2, -0.15) is 5.26 Å². The molecular formula is C16H16FN5O. The zero-order valence-corrected chi connectivity index (χ0v) is 12.7. The fourth-order valence-corrected chi connectivity index (χ4v) is 2.67. The monoisotopic (exact) mass is 313 g/mol. The van der Waals surface area contributed by atoms with Crippen molar-refractivity contribution in [3.05, 3.63) is 42.0 Å². The van der Waals surface area contributed by atoms with E-state index in [4.69, 9.17) is 10.00 Å². The fourth-order valence-electron chi connectivity index (χ4n) is 2.67. The van der Waals surface area contributed by atoms with Crippen LogP contribution in [-0.4, -0.2) is 36.2 Å². The van der Waals surface area contributed by atoms with Crippen LogP contribution in [-0.2, 0) is 0 Å². The van der Waals surface area contributed by atoms with Crippen molar-refractivity contribution in [2.45, 2.75) is 12.5 Å². The second kappa shape index (κ2) is 6.48. The van der Waals surface area contributed by atoms with Gasteiger partial charge >= 0.3 is 0 Å². The number of hydrogen-bond acceptors (Lipinski definition) is 6. The fraction of sp³-hybridized carbons (Fsp3) is 0.312. The van der Waals surface area contributed by atoms with Crippen LogP contribution < -0.4 is 15.0 Å². The number of halogens is 1. The Kier molecular flexibility index (Phi) is 4.24. The van der Waals surface area contributed by atoms with Gasteiger partial charge in [0, 0.05) is 30.9 Å². The summed E-state index contributed by atoms with van der Waals surface area (Å²) in [5.74, 6) is 0.804. The predicted molar refractivity (Wildman–Crippen MR) is 83.9 cm³/mol. The molecule has 0 bridgehead atoms. The molecule has 6 nitrogen and oxygen atoms in total. The molecule has 1 atom stereocenters. The molecule has 2 aromatic rings. The number of ether oxygens (including phenoxy) is 1. The summed E-state index contributed by atoms with van der Waals surface area (Å²) >= 11 is 0. The van der Waals surface area contributed by atoms with Crippen molar-refractivity contribution in [3.8, 4) is 11.9 Å². The Morgan fingerprint density at radius 3 is 3.00 bits per heavy atom. The van der Waals surface area contributed by atoms with Gasteiger partial charge in [-0.3, -0.25) is 0 Å². The molecule has 1 aromatic carbocycles. The highest BCUT2D eigenvalue weighted by atomic mass is 19.1. The van der Waals surface area contributed by atoms with E-state index in [9.17, 15) is 4.39 Å².